The van der Waals surface area contributed by atoms with E-state index in [1.807, 2.05) is 6.07 Å². The SMILES string of the molecule is CCC(C)c1cc(-c2nc(C3(N)CCCC3)no2)on1.Cl. The van der Waals surface area contributed by atoms with Crippen molar-refractivity contribution in [1.82, 2.24) is 15.3 Å². The molecular weight excluding hydrogens is 292 g/mol. The molecule has 0 amide bonds. The molecule has 1 aliphatic rings. The number of nitrogens with zero attached hydrogens (tertiary/aromatic N) is 3. The van der Waals surface area contributed by atoms with E-state index < -0.39 is 5.54 Å². The molecule has 0 aliphatic heterocycles. The van der Waals surface area contributed by atoms with Gasteiger partial charge in [-0.25, -0.2) is 0 Å². The van der Waals surface area contributed by atoms with E-state index in [0.29, 0.717) is 23.4 Å². The zero-order valence-corrected chi connectivity index (χ0v) is 13.2. The minimum atomic E-state index is -0.443. The summed E-state index contributed by atoms with van der Waals surface area (Å²) in [6, 6.07) is 1.86. The van der Waals surface area contributed by atoms with Crippen LogP contribution in [0.5, 0.6) is 0 Å². The van der Waals surface area contributed by atoms with Crippen molar-refractivity contribution in [3.8, 4) is 11.7 Å². The first-order chi connectivity index (χ1) is 9.62. The molecule has 1 saturated carbocycles. The van der Waals surface area contributed by atoms with E-state index in [2.05, 4.69) is 29.1 Å². The number of nitrogens with two attached hydrogens (primary N) is 1. The van der Waals surface area contributed by atoms with Crippen molar-refractivity contribution in [1.29, 1.82) is 0 Å². The molecule has 3 rings (SSSR count). The van der Waals surface area contributed by atoms with Gasteiger partial charge in [0.2, 0.25) is 5.76 Å². The van der Waals surface area contributed by atoms with Gasteiger partial charge < -0.3 is 14.8 Å². The third-order valence-corrected chi connectivity index (χ3v) is 4.22. The van der Waals surface area contributed by atoms with E-state index >= 15 is 0 Å². The standard InChI is InChI=1S/C14H20N4O2.ClH/c1-3-9(2)10-8-11(19-17-10)12-16-13(18-20-12)14(15)6-4-5-7-14;/h8-9H,3-7,15H2,1-2H3;1H. The highest BCUT2D eigenvalue weighted by Gasteiger charge is 2.36. The highest BCUT2D eigenvalue weighted by atomic mass is 35.5. The first-order valence-electron chi connectivity index (χ1n) is 7.22. The average Bonchev–Trinajstić information content (AvgIpc) is 3.17. The van der Waals surface area contributed by atoms with Gasteiger partial charge in [-0.1, -0.05) is 37.0 Å². The molecule has 116 valence electrons. The van der Waals surface area contributed by atoms with Gasteiger partial charge in [0.05, 0.1) is 11.2 Å². The van der Waals surface area contributed by atoms with Gasteiger partial charge in [0, 0.05) is 12.0 Å². The zero-order valence-electron chi connectivity index (χ0n) is 12.3. The second kappa shape index (κ2) is 6.15. The Kier molecular flexibility index (Phi) is 4.68. The van der Waals surface area contributed by atoms with Crippen LogP contribution in [0.3, 0.4) is 0 Å². The molecule has 2 N–H and O–H groups in total. The topological polar surface area (TPSA) is 91.0 Å². The Morgan fingerprint density at radius 3 is 2.67 bits per heavy atom. The van der Waals surface area contributed by atoms with Gasteiger partial charge in [0.15, 0.2) is 5.82 Å². The Hall–Kier alpha value is -1.40. The molecular formula is C14H21ClN4O2. The predicted octanol–water partition coefficient (Wildman–Crippen LogP) is 3.39. The lowest BCUT2D eigenvalue weighted by atomic mass is 9.99. The van der Waals surface area contributed by atoms with Gasteiger partial charge in [0.1, 0.15) is 0 Å². The molecule has 6 nitrogen and oxygen atoms in total. The van der Waals surface area contributed by atoms with Crippen LogP contribution >= 0.6 is 12.4 Å². The largest absolute Gasteiger partial charge is 0.351 e. The molecule has 2 aromatic rings. The first-order valence-corrected chi connectivity index (χ1v) is 7.22. The summed E-state index contributed by atoms with van der Waals surface area (Å²) in [4.78, 5) is 4.40. The molecule has 1 atom stereocenters. The van der Waals surface area contributed by atoms with Gasteiger partial charge in [-0.05, 0) is 19.3 Å². The van der Waals surface area contributed by atoms with Gasteiger partial charge in [-0.3, -0.25) is 0 Å². The molecule has 0 aromatic carbocycles. The third kappa shape index (κ3) is 2.96. The van der Waals surface area contributed by atoms with E-state index in [-0.39, 0.29) is 12.4 Å². The van der Waals surface area contributed by atoms with Gasteiger partial charge in [-0.15, -0.1) is 12.4 Å². The number of hydrogen-bond acceptors (Lipinski definition) is 6. The normalized spacial score (nSPS) is 18.4. The lowest BCUT2D eigenvalue weighted by molar-refractivity contribution is 0.358. The Morgan fingerprint density at radius 2 is 2.00 bits per heavy atom. The van der Waals surface area contributed by atoms with Crippen LogP contribution in [0.25, 0.3) is 11.7 Å². The van der Waals surface area contributed by atoms with Crippen LogP contribution in [0.15, 0.2) is 15.1 Å². The van der Waals surface area contributed by atoms with Crippen LogP contribution < -0.4 is 5.73 Å². The summed E-state index contributed by atoms with van der Waals surface area (Å²) in [6.07, 6.45) is 5.04. The zero-order chi connectivity index (χ0) is 14.2. The summed E-state index contributed by atoms with van der Waals surface area (Å²) < 4.78 is 10.6. The van der Waals surface area contributed by atoms with Crippen molar-refractivity contribution in [2.45, 2.75) is 57.4 Å². The van der Waals surface area contributed by atoms with Crippen LogP contribution in [0.2, 0.25) is 0 Å². The van der Waals surface area contributed by atoms with Crippen LogP contribution in [-0.2, 0) is 5.54 Å². The van der Waals surface area contributed by atoms with Crippen molar-refractivity contribution >= 4 is 12.4 Å². The first kappa shape index (κ1) is 16.0. The fraction of sp³-hybridized carbons (Fsp3) is 0.643. The van der Waals surface area contributed by atoms with Crippen LogP contribution in [0.1, 0.15) is 63.4 Å². The summed E-state index contributed by atoms with van der Waals surface area (Å²) in [5.74, 6) is 1.80. The molecule has 2 aromatic heterocycles. The minimum absolute atomic E-state index is 0. The molecule has 1 fully saturated rings. The number of halogens is 1. The van der Waals surface area contributed by atoms with E-state index in [1.54, 1.807) is 0 Å². The Labute approximate surface area is 129 Å². The maximum absolute atomic E-state index is 6.32. The molecule has 1 unspecified atom stereocenters. The molecule has 7 heteroatoms. The van der Waals surface area contributed by atoms with Crippen molar-refractivity contribution < 1.29 is 9.05 Å². The summed E-state index contributed by atoms with van der Waals surface area (Å²) in [5.41, 5.74) is 6.78. The second-order valence-corrected chi connectivity index (χ2v) is 5.71. The Morgan fingerprint density at radius 1 is 1.29 bits per heavy atom. The summed E-state index contributed by atoms with van der Waals surface area (Å²) >= 11 is 0. The fourth-order valence-electron chi connectivity index (χ4n) is 2.59. The molecule has 2 heterocycles. The van der Waals surface area contributed by atoms with Crippen molar-refractivity contribution in [3.05, 3.63) is 17.6 Å². The monoisotopic (exact) mass is 312 g/mol. The van der Waals surface area contributed by atoms with Gasteiger partial charge in [-0.2, -0.15) is 4.98 Å². The van der Waals surface area contributed by atoms with Crippen molar-refractivity contribution in [2.75, 3.05) is 0 Å². The third-order valence-electron chi connectivity index (χ3n) is 4.22. The number of aromatic nitrogens is 3. The van der Waals surface area contributed by atoms with Gasteiger partial charge >= 0.3 is 0 Å². The van der Waals surface area contributed by atoms with Crippen LogP contribution in [0.4, 0.5) is 0 Å². The highest BCUT2D eigenvalue weighted by Crippen LogP contribution is 2.35. The minimum Gasteiger partial charge on any atom is -0.351 e. The number of rotatable bonds is 4. The highest BCUT2D eigenvalue weighted by molar-refractivity contribution is 5.85. The van der Waals surface area contributed by atoms with E-state index in [4.69, 9.17) is 14.8 Å². The maximum atomic E-state index is 6.32. The van der Waals surface area contributed by atoms with Crippen molar-refractivity contribution in [2.24, 2.45) is 5.73 Å². The second-order valence-electron chi connectivity index (χ2n) is 5.71. The van der Waals surface area contributed by atoms with E-state index in [0.717, 1.165) is 37.8 Å². The molecule has 21 heavy (non-hydrogen) atoms. The van der Waals surface area contributed by atoms with Crippen LogP contribution in [0, 0.1) is 0 Å². The lowest BCUT2D eigenvalue weighted by Crippen LogP contribution is -2.34. The molecule has 1 aliphatic carbocycles. The van der Waals surface area contributed by atoms with Gasteiger partial charge in [0.25, 0.3) is 5.89 Å². The Balaban J connectivity index is 0.00000161. The smallest absolute Gasteiger partial charge is 0.296 e. The summed E-state index contributed by atoms with van der Waals surface area (Å²) in [6.45, 7) is 4.22. The molecule has 0 radical (unpaired) electrons. The fourth-order valence-corrected chi connectivity index (χ4v) is 2.59. The summed E-state index contributed by atoms with van der Waals surface area (Å²) in [7, 11) is 0. The van der Waals surface area contributed by atoms with Crippen LogP contribution in [-0.4, -0.2) is 15.3 Å². The van der Waals surface area contributed by atoms with E-state index in [9.17, 15) is 0 Å². The number of hydrogen-bond donors (Lipinski definition) is 1. The summed E-state index contributed by atoms with van der Waals surface area (Å²) in [5, 5.41) is 8.08. The lowest BCUT2D eigenvalue weighted by Gasteiger charge is -2.17. The molecule has 0 bridgehead atoms. The Bertz CT molecular complexity index is 589. The van der Waals surface area contributed by atoms with E-state index in [1.165, 1.54) is 0 Å². The maximum Gasteiger partial charge on any atom is 0.296 e. The predicted molar refractivity (Wildman–Crippen MR) is 80.1 cm³/mol. The van der Waals surface area contributed by atoms with Crippen molar-refractivity contribution in [3.63, 3.8) is 0 Å². The molecule has 0 spiro atoms. The average molecular weight is 313 g/mol. The quantitative estimate of drug-likeness (QED) is 0.930. The molecule has 0 saturated heterocycles.